The first-order valence-corrected chi connectivity index (χ1v) is 11.6. The van der Waals surface area contributed by atoms with Gasteiger partial charge in [-0.05, 0) is 47.5 Å². The maximum absolute atomic E-state index is 5.02. The molecule has 3 nitrogen and oxygen atoms in total. The molecule has 6 rings (SSSR count). The molecule has 0 spiro atoms. The normalized spacial score (nSPS) is 15.6. The predicted octanol–water partition coefficient (Wildman–Crippen LogP) is 7.03. The summed E-state index contributed by atoms with van der Waals surface area (Å²) >= 11 is 0. The zero-order valence-electron chi connectivity index (χ0n) is 19.1. The highest BCUT2D eigenvalue weighted by Gasteiger charge is 2.37. The first-order valence-electron chi connectivity index (χ1n) is 11.6. The fourth-order valence-corrected chi connectivity index (χ4v) is 4.96. The number of hydrogen-bond acceptors (Lipinski definition) is 3. The average molecular weight is 440 g/mol. The number of benzene rings is 3. The van der Waals surface area contributed by atoms with Crippen LogP contribution in [0.25, 0.3) is 27.4 Å². The SMILES string of the molecule is C=C1C(c2ccc3ccccc3n2)=C(CN(C)c2ccccc2)C1c1ccc2ccccc2n1. The van der Waals surface area contributed by atoms with Crippen molar-refractivity contribution in [3.8, 4) is 0 Å². The zero-order valence-corrected chi connectivity index (χ0v) is 19.1. The van der Waals surface area contributed by atoms with Crippen LogP contribution in [0.1, 0.15) is 17.3 Å². The lowest BCUT2D eigenvalue weighted by Gasteiger charge is -2.38. The van der Waals surface area contributed by atoms with E-state index < -0.39 is 0 Å². The molecule has 0 aliphatic heterocycles. The molecule has 164 valence electrons. The van der Waals surface area contributed by atoms with E-state index in [-0.39, 0.29) is 5.92 Å². The third-order valence-electron chi connectivity index (χ3n) is 6.71. The first-order chi connectivity index (χ1) is 16.7. The number of fused-ring (bicyclic) bond motifs is 2. The summed E-state index contributed by atoms with van der Waals surface area (Å²) in [7, 11) is 2.14. The van der Waals surface area contributed by atoms with E-state index >= 15 is 0 Å². The monoisotopic (exact) mass is 439 g/mol. The van der Waals surface area contributed by atoms with Crippen molar-refractivity contribution in [1.82, 2.24) is 9.97 Å². The number of aromatic nitrogens is 2. The topological polar surface area (TPSA) is 29.0 Å². The molecule has 0 bridgehead atoms. The third kappa shape index (κ3) is 3.46. The standard InChI is InChI=1S/C31H25N3/c1-21-30(28-18-16-22-10-6-8-14-26(22)32-28)25(20-34(2)24-12-4-3-5-13-24)31(21)29-19-17-23-11-7-9-15-27(23)33-29/h3-19,30H,1,20H2,2H3. The number of nitrogens with zero attached hydrogens (tertiary/aromatic N) is 3. The second-order valence-electron chi connectivity index (χ2n) is 8.87. The van der Waals surface area contributed by atoms with Crippen LogP contribution in [0.5, 0.6) is 0 Å². The summed E-state index contributed by atoms with van der Waals surface area (Å²) in [5.41, 5.74) is 8.78. The van der Waals surface area contributed by atoms with Gasteiger partial charge in [-0.1, -0.05) is 73.3 Å². The Morgan fingerprint density at radius 2 is 1.32 bits per heavy atom. The Balaban J connectivity index is 1.46. The van der Waals surface area contributed by atoms with E-state index in [0.29, 0.717) is 0 Å². The Labute approximate surface area is 199 Å². The predicted molar refractivity (Wildman–Crippen MR) is 142 cm³/mol. The van der Waals surface area contributed by atoms with Gasteiger partial charge in [0.25, 0.3) is 0 Å². The molecule has 2 aromatic heterocycles. The number of rotatable bonds is 5. The molecule has 0 saturated heterocycles. The summed E-state index contributed by atoms with van der Waals surface area (Å²) in [4.78, 5) is 12.3. The van der Waals surface area contributed by atoms with E-state index in [2.05, 4.69) is 97.4 Å². The van der Waals surface area contributed by atoms with Crippen molar-refractivity contribution in [1.29, 1.82) is 0 Å². The Kier molecular flexibility index (Phi) is 4.96. The van der Waals surface area contributed by atoms with Crippen molar-refractivity contribution < 1.29 is 0 Å². The molecule has 0 amide bonds. The zero-order chi connectivity index (χ0) is 23.1. The fraction of sp³-hybridized carbons (Fsp3) is 0.0968. The molecule has 0 fully saturated rings. The lowest BCUT2D eigenvalue weighted by Crippen LogP contribution is -2.30. The molecular weight excluding hydrogens is 414 g/mol. The van der Waals surface area contributed by atoms with Gasteiger partial charge in [0.05, 0.1) is 22.4 Å². The van der Waals surface area contributed by atoms with Crippen LogP contribution in [0.2, 0.25) is 0 Å². The minimum atomic E-state index is 0.0824. The molecule has 0 N–H and O–H groups in total. The summed E-state index contributed by atoms with van der Waals surface area (Å²) < 4.78 is 0. The lowest BCUT2D eigenvalue weighted by molar-refractivity contribution is 0.803. The van der Waals surface area contributed by atoms with Crippen LogP contribution >= 0.6 is 0 Å². The minimum absolute atomic E-state index is 0.0824. The van der Waals surface area contributed by atoms with E-state index in [0.717, 1.165) is 50.9 Å². The fourth-order valence-electron chi connectivity index (χ4n) is 4.96. The van der Waals surface area contributed by atoms with E-state index in [9.17, 15) is 0 Å². The van der Waals surface area contributed by atoms with Gasteiger partial charge in [-0.2, -0.15) is 0 Å². The van der Waals surface area contributed by atoms with Gasteiger partial charge in [0.15, 0.2) is 0 Å². The second kappa shape index (κ2) is 8.27. The van der Waals surface area contributed by atoms with Gasteiger partial charge in [-0.25, -0.2) is 4.98 Å². The molecule has 1 aliphatic rings. The molecule has 5 aromatic rings. The van der Waals surface area contributed by atoms with Crippen LogP contribution in [0.3, 0.4) is 0 Å². The van der Waals surface area contributed by atoms with Gasteiger partial charge >= 0.3 is 0 Å². The maximum atomic E-state index is 5.02. The van der Waals surface area contributed by atoms with Gasteiger partial charge in [0, 0.05) is 41.5 Å². The number of likely N-dealkylation sites (N-methyl/N-ethyl adjacent to an activating group) is 1. The molecular formula is C31H25N3. The van der Waals surface area contributed by atoms with Gasteiger partial charge in [0.1, 0.15) is 0 Å². The Morgan fingerprint density at radius 3 is 2.06 bits per heavy atom. The Morgan fingerprint density at radius 1 is 0.706 bits per heavy atom. The molecule has 0 radical (unpaired) electrons. The molecule has 3 aromatic carbocycles. The highest BCUT2D eigenvalue weighted by molar-refractivity contribution is 5.93. The molecule has 0 saturated carbocycles. The van der Waals surface area contributed by atoms with Crippen molar-refractivity contribution in [3.63, 3.8) is 0 Å². The van der Waals surface area contributed by atoms with Crippen LogP contribution in [0, 0.1) is 0 Å². The summed E-state index contributed by atoms with van der Waals surface area (Å²) in [6.45, 7) is 5.29. The van der Waals surface area contributed by atoms with Gasteiger partial charge < -0.3 is 4.90 Å². The lowest BCUT2D eigenvalue weighted by atomic mass is 9.69. The van der Waals surface area contributed by atoms with E-state index in [1.165, 1.54) is 11.3 Å². The van der Waals surface area contributed by atoms with Crippen molar-refractivity contribution in [2.24, 2.45) is 0 Å². The number of hydrogen-bond donors (Lipinski definition) is 0. The number of pyridine rings is 2. The Bertz CT molecular complexity index is 1570. The number of para-hydroxylation sites is 3. The molecule has 1 atom stereocenters. The summed E-state index contributed by atoms with van der Waals surface area (Å²) in [6.07, 6.45) is 0. The van der Waals surface area contributed by atoms with Crippen molar-refractivity contribution in [2.75, 3.05) is 18.5 Å². The first kappa shape index (κ1) is 20.4. The molecule has 1 unspecified atom stereocenters. The van der Waals surface area contributed by atoms with Gasteiger partial charge in [-0.15, -0.1) is 0 Å². The van der Waals surface area contributed by atoms with Crippen LogP contribution in [0.4, 0.5) is 5.69 Å². The summed E-state index contributed by atoms with van der Waals surface area (Å²) in [5.74, 6) is 0.0824. The largest absolute Gasteiger partial charge is 0.371 e. The maximum Gasteiger partial charge on any atom is 0.0713 e. The summed E-state index contributed by atoms with van der Waals surface area (Å²) in [6, 6.07) is 35.6. The summed E-state index contributed by atoms with van der Waals surface area (Å²) in [5, 5.41) is 2.30. The third-order valence-corrected chi connectivity index (χ3v) is 6.71. The van der Waals surface area contributed by atoms with E-state index in [1.807, 2.05) is 24.3 Å². The Hall–Kier alpha value is -4.24. The molecule has 3 heteroatoms. The van der Waals surface area contributed by atoms with Crippen molar-refractivity contribution >= 4 is 33.1 Å². The highest BCUT2D eigenvalue weighted by Crippen LogP contribution is 2.51. The molecule has 34 heavy (non-hydrogen) atoms. The van der Waals surface area contributed by atoms with Crippen LogP contribution in [-0.4, -0.2) is 23.6 Å². The number of allylic oxidation sites excluding steroid dienone is 2. The van der Waals surface area contributed by atoms with Crippen LogP contribution < -0.4 is 4.90 Å². The van der Waals surface area contributed by atoms with Crippen molar-refractivity contribution in [2.45, 2.75) is 5.92 Å². The van der Waals surface area contributed by atoms with Crippen LogP contribution in [0.15, 0.2) is 121 Å². The van der Waals surface area contributed by atoms with Gasteiger partial charge in [-0.3, -0.25) is 4.98 Å². The van der Waals surface area contributed by atoms with E-state index in [1.54, 1.807) is 0 Å². The quantitative estimate of drug-likeness (QED) is 0.294. The molecule has 2 heterocycles. The van der Waals surface area contributed by atoms with Crippen molar-refractivity contribution in [3.05, 3.63) is 132 Å². The van der Waals surface area contributed by atoms with Crippen LogP contribution in [-0.2, 0) is 0 Å². The number of anilines is 1. The minimum Gasteiger partial charge on any atom is -0.371 e. The average Bonchev–Trinajstić information content (AvgIpc) is 2.89. The smallest absolute Gasteiger partial charge is 0.0713 e. The van der Waals surface area contributed by atoms with Gasteiger partial charge in [0.2, 0.25) is 0 Å². The van der Waals surface area contributed by atoms with E-state index in [4.69, 9.17) is 9.97 Å². The second-order valence-corrected chi connectivity index (χ2v) is 8.87. The molecule has 1 aliphatic carbocycles. The highest BCUT2D eigenvalue weighted by atomic mass is 15.1.